The van der Waals surface area contributed by atoms with Gasteiger partial charge in [0.15, 0.2) is 0 Å². The fourth-order valence-corrected chi connectivity index (χ4v) is 1.67. The van der Waals surface area contributed by atoms with E-state index >= 15 is 0 Å². The summed E-state index contributed by atoms with van der Waals surface area (Å²) in [5, 5.41) is 8.86. The van der Waals surface area contributed by atoms with E-state index in [9.17, 15) is 0 Å². The zero-order chi connectivity index (χ0) is 8.97. The molecule has 0 aliphatic carbocycles. The van der Waals surface area contributed by atoms with Crippen LogP contribution in [0.3, 0.4) is 0 Å². The van der Waals surface area contributed by atoms with Gasteiger partial charge < -0.3 is 5.11 Å². The molecule has 2 heteroatoms. The molecule has 1 heterocycles. The van der Waals surface area contributed by atoms with Gasteiger partial charge in [-0.2, -0.15) is 0 Å². The van der Waals surface area contributed by atoms with Gasteiger partial charge in [0.2, 0.25) is 0 Å². The number of hydrogen-bond acceptors (Lipinski definition) is 2. The Morgan fingerprint density at radius 2 is 2.08 bits per heavy atom. The Morgan fingerprint density at radius 3 is 2.58 bits per heavy atom. The monoisotopic (exact) mass is 167 g/mol. The van der Waals surface area contributed by atoms with Crippen LogP contribution in [-0.2, 0) is 0 Å². The summed E-state index contributed by atoms with van der Waals surface area (Å²) in [6.45, 7) is 5.39. The molecule has 2 nitrogen and oxygen atoms in total. The Balaban J connectivity index is 2.75. The predicted octanol–water partition coefficient (Wildman–Crippen LogP) is 1.94. The molecule has 1 aliphatic rings. The van der Waals surface area contributed by atoms with Crippen molar-refractivity contribution in [2.75, 3.05) is 13.2 Å². The lowest BCUT2D eigenvalue weighted by molar-refractivity contribution is 0.300. The fourth-order valence-electron chi connectivity index (χ4n) is 1.67. The standard InChI is InChI=1S/C10H17NO/c1-3-8-7-11-10(4-2)9(8)5-6-12/h12H,3-7H2,1-2H3. The Kier molecular flexibility index (Phi) is 3.48. The maximum Gasteiger partial charge on any atom is 0.0609 e. The zero-order valence-electron chi connectivity index (χ0n) is 7.93. The number of rotatable bonds is 4. The molecule has 0 saturated carbocycles. The molecule has 0 bridgehead atoms. The molecule has 0 aromatic heterocycles. The highest BCUT2D eigenvalue weighted by Crippen LogP contribution is 2.22. The van der Waals surface area contributed by atoms with E-state index in [1.165, 1.54) is 16.9 Å². The summed E-state index contributed by atoms with van der Waals surface area (Å²) >= 11 is 0. The Bertz CT molecular complexity index is 216. The van der Waals surface area contributed by atoms with Gasteiger partial charge in [0, 0.05) is 12.3 Å². The molecule has 1 rings (SSSR count). The van der Waals surface area contributed by atoms with E-state index in [0.717, 1.165) is 25.8 Å². The summed E-state index contributed by atoms with van der Waals surface area (Å²) in [6, 6.07) is 0. The number of hydrogen-bond donors (Lipinski definition) is 1. The molecular formula is C10H17NO. The second-order valence-electron chi connectivity index (χ2n) is 3.03. The first-order valence-electron chi connectivity index (χ1n) is 4.68. The maximum atomic E-state index is 8.86. The van der Waals surface area contributed by atoms with Crippen LogP contribution in [0, 0.1) is 0 Å². The molecule has 0 amide bonds. The SMILES string of the molecule is CCC1=NCC(CC)=C1CCO. The average molecular weight is 167 g/mol. The van der Waals surface area contributed by atoms with Gasteiger partial charge in [0.1, 0.15) is 0 Å². The van der Waals surface area contributed by atoms with Gasteiger partial charge in [0.25, 0.3) is 0 Å². The van der Waals surface area contributed by atoms with E-state index in [1.807, 2.05) is 0 Å². The van der Waals surface area contributed by atoms with Crippen molar-refractivity contribution in [3.05, 3.63) is 11.1 Å². The first kappa shape index (κ1) is 9.46. The largest absolute Gasteiger partial charge is 0.396 e. The van der Waals surface area contributed by atoms with Crippen LogP contribution in [-0.4, -0.2) is 24.0 Å². The molecule has 0 atom stereocenters. The van der Waals surface area contributed by atoms with Crippen molar-refractivity contribution < 1.29 is 5.11 Å². The molecule has 68 valence electrons. The minimum Gasteiger partial charge on any atom is -0.396 e. The van der Waals surface area contributed by atoms with E-state index in [-0.39, 0.29) is 6.61 Å². The highest BCUT2D eigenvalue weighted by Gasteiger charge is 2.15. The van der Waals surface area contributed by atoms with Gasteiger partial charge in [-0.15, -0.1) is 0 Å². The lowest BCUT2D eigenvalue weighted by Crippen LogP contribution is -2.01. The topological polar surface area (TPSA) is 32.6 Å². The van der Waals surface area contributed by atoms with Gasteiger partial charge in [-0.1, -0.05) is 13.8 Å². The highest BCUT2D eigenvalue weighted by molar-refractivity contribution is 6.02. The molecule has 0 aromatic carbocycles. The van der Waals surface area contributed by atoms with Crippen LogP contribution in [0.25, 0.3) is 0 Å². The lowest BCUT2D eigenvalue weighted by atomic mass is 10.0. The molecule has 0 fully saturated rings. The van der Waals surface area contributed by atoms with Crippen LogP contribution in [0.1, 0.15) is 33.1 Å². The van der Waals surface area contributed by atoms with Crippen molar-refractivity contribution in [2.24, 2.45) is 4.99 Å². The molecule has 1 aliphatic heterocycles. The van der Waals surface area contributed by atoms with Crippen molar-refractivity contribution in [1.82, 2.24) is 0 Å². The van der Waals surface area contributed by atoms with Gasteiger partial charge in [-0.05, 0) is 30.4 Å². The molecule has 12 heavy (non-hydrogen) atoms. The summed E-state index contributed by atoms with van der Waals surface area (Å²) in [7, 11) is 0. The molecular weight excluding hydrogens is 150 g/mol. The van der Waals surface area contributed by atoms with Gasteiger partial charge >= 0.3 is 0 Å². The van der Waals surface area contributed by atoms with E-state index in [0.29, 0.717) is 0 Å². The van der Waals surface area contributed by atoms with Gasteiger partial charge in [-0.25, -0.2) is 0 Å². The molecule has 0 spiro atoms. The predicted molar refractivity (Wildman–Crippen MR) is 51.6 cm³/mol. The van der Waals surface area contributed by atoms with Crippen LogP contribution in [0.5, 0.6) is 0 Å². The average Bonchev–Trinajstić information content (AvgIpc) is 2.48. The second kappa shape index (κ2) is 4.41. The Hall–Kier alpha value is -0.630. The van der Waals surface area contributed by atoms with Crippen molar-refractivity contribution >= 4 is 5.71 Å². The highest BCUT2D eigenvalue weighted by atomic mass is 16.2. The first-order chi connectivity index (χ1) is 5.83. The van der Waals surface area contributed by atoms with Crippen molar-refractivity contribution in [2.45, 2.75) is 33.1 Å². The van der Waals surface area contributed by atoms with Crippen LogP contribution in [0.15, 0.2) is 16.1 Å². The van der Waals surface area contributed by atoms with Crippen molar-refractivity contribution in [3.63, 3.8) is 0 Å². The maximum absolute atomic E-state index is 8.86. The first-order valence-corrected chi connectivity index (χ1v) is 4.68. The number of aliphatic imine (C=N–C) groups is 1. The normalized spacial score (nSPS) is 17.1. The lowest BCUT2D eigenvalue weighted by Gasteiger charge is -2.05. The number of aliphatic hydroxyl groups is 1. The number of aliphatic hydroxyl groups excluding tert-OH is 1. The third kappa shape index (κ3) is 1.75. The molecule has 0 saturated heterocycles. The quantitative estimate of drug-likeness (QED) is 0.682. The summed E-state index contributed by atoms with van der Waals surface area (Å²) in [4.78, 5) is 4.44. The molecule has 0 unspecified atom stereocenters. The summed E-state index contributed by atoms with van der Waals surface area (Å²) in [5.74, 6) is 0. The zero-order valence-corrected chi connectivity index (χ0v) is 7.93. The summed E-state index contributed by atoms with van der Waals surface area (Å²) in [5.41, 5.74) is 3.95. The summed E-state index contributed by atoms with van der Waals surface area (Å²) in [6.07, 6.45) is 2.86. The summed E-state index contributed by atoms with van der Waals surface area (Å²) < 4.78 is 0. The molecule has 0 aromatic rings. The second-order valence-corrected chi connectivity index (χ2v) is 3.03. The van der Waals surface area contributed by atoms with E-state index < -0.39 is 0 Å². The van der Waals surface area contributed by atoms with Crippen LogP contribution >= 0.6 is 0 Å². The third-order valence-electron chi connectivity index (χ3n) is 2.36. The third-order valence-corrected chi connectivity index (χ3v) is 2.36. The van der Waals surface area contributed by atoms with E-state index in [2.05, 4.69) is 18.8 Å². The van der Waals surface area contributed by atoms with Gasteiger partial charge in [0.05, 0.1) is 6.54 Å². The van der Waals surface area contributed by atoms with E-state index in [4.69, 9.17) is 5.11 Å². The van der Waals surface area contributed by atoms with E-state index in [1.54, 1.807) is 0 Å². The van der Waals surface area contributed by atoms with Crippen LogP contribution in [0.2, 0.25) is 0 Å². The minimum absolute atomic E-state index is 0.248. The Labute approximate surface area is 74.0 Å². The van der Waals surface area contributed by atoms with Crippen molar-refractivity contribution in [1.29, 1.82) is 0 Å². The molecule has 0 radical (unpaired) electrons. The van der Waals surface area contributed by atoms with Gasteiger partial charge in [-0.3, -0.25) is 4.99 Å². The Morgan fingerprint density at radius 1 is 1.33 bits per heavy atom. The number of nitrogens with zero attached hydrogens (tertiary/aromatic N) is 1. The molecule has 1 N–H and O–H groups in total. The van der Waals surface area contributed by atoms with Crippen LogP contribution in [0.4, 0.5) is 0 Å². The van der Waals surface area contributed by atoms with Crippen molar-refractivity contribution in [3.8, 4) is 0 Å². The smallest absolute Gasteiger partial charge is 0.0609 e. The van der Waals surface area contributed by atoms with Crippen LogP contribution < -0.4 is 0 Å². The fraction of sp³-hybridized carbons (Fsp3) is 0.700. The minimum atomic E-state index is 0.248.